The van der Waals surface area contributed by atoms with Crippen molar-refractivity contribution in [1.82, 2.24) is 10.2 Å². The van der Waals surface area contributed by atoms with Crippen LogP contribution >= 0.6 is 0 Å². The van der Waals surface area contributed by atoms with Crippen LogP contribution in [0.5, 0.6) is 5.75 Å². The van der Waals surface area contributed by atoms with E-state index in [-0.39, 0.29) is 18.0 Å². The largest absolute Gasteiger partial charge is 0.495 e. The number of hydrogen-bond donors (Lipinski definition) is 3. The molecule has 1 atom stereocenters. The lowest BCUT2D eigenvalue weighted by Gasteiger charge is -2.23. The zero-order valence-electron chi connectivity index (χ0n) is 18.5. The number of urea groups is 1. The monoisotopic (exact) mass is 432 g/mol. The van der Waals surface area contributed by atoms with Gasteiger partial charge in [-0.15, -0.1) is 0 Å². The maximum Gasteiger partial charge on any atom is 0.319 e. The SMILES string of the molecule is COc1ccccc1NC(=O)c1ccc(NC(=O)NC(CN(C)C)c2ccccc2)cc1. The number of rotatable bonds is 8. The van der Waals surface area contributed by atoms with Gasteiger partial charge in [0.2, 0.25) is 0 Å². The van der Waals surface area contributed by atoms with Crippen LogP contribution in [0.15, 0.2) is 78.9 Å². The molecule has 0 saturated carbocycles. The van der Waals surface area contributed by atoms with Crippen molar-refractivity contribution in [2.75, 3.05) is 38.4 Å². The minimum Gasteiger partial charge on any atom is -0.495 e. The van der Waals surface area contributed by atoms with Crippen molar-refractivity contribution >= 4 is 23.3 Å². The first-order chi connectivity index (χ1) is 15.5. The molecule has 3 N–H and O–H groups in total. The van der Waals surface area contributed by atoms with Gasteiger partial charge >= 0.3 is 6.03 Å². The third-order valence-corrected chi connectivity index (χ3v) is 4.82. The molecule has 7 heteroatoms. The Balaban J connectivity index is 1.62. The number of anilines is 2. The molecule has 0 spiro atoms. The summed E-state index contributed by atoms with van der Waals surface area (Å²) in [6, 6.07) is 23.3. The Kier molecular flexibility index (Phi) is 7.83. The van der Waals surface area contributed by atoms with E-state index in [4.69, 9.17) is 4.74 Å². The Bertz CT molecular complexity index is 1040. The highest BCUT2D eigenvalue weighted by Gasteiger charge is 2.16. The number of hydrogen-bond acceptors (Lipinski definition) is 4. The van der Waals surface area contributed by atoms with Crippen LogP contribution in [0.1, 0.15) is 22.0 Å². The molecule has 0 aromatic heterocycles. The smallest absolute Gasteiger partial charge is 0.319 e. The molecular weight excluding hydrogens is 404 g/mol. The maximum absolute atomic E-state index is 12.6. The van der Waals surface area contributed by atoms with Gasteiger partial charge in [0.1, 0.15) is 5.75 Å². The van der Waals surface area contributed by atoms with E-state index < -0.39 is 0 Å². The molecule has 0 aliphatic heterocycles. The fourth-order valence-electron chi connectivity index (χ4n) is 3.26. The zero-order chi connectivity index (χ0) is 22.9. The van der Waals surface area contributed by atoms with Gasteiger partial charge < -0.3 is 25.6 Å². The van der Waals surface area contributed by atoms with Gasteiger partial charge in [-0.2, -0.15) is 0 Å². The Morgan fingerprint density at radius 3 is 2.19 bits per heavy atom. The number of benzene rings is 3. The van der Waals surface area contributed by atoms with Gasteiger partial charge in [0.25, 0.3) is 5.91 Å². The summed E-state index contributed by atoms with van der Waals surface area (Å²) in [6.45, 7) is 0.666. The van der Waals surface area contributed by atoms with Crippen LogP contribution in [0.25, 0.3) is 0 Å². The topological polar surface area (TPSA) is 82.7 Å². The number of methoxy groups -OCH3 is 1. The van der Waals surface area contributed by atoms with E-state index in [0.29, 0.717) is 29.2 Å². The normalized spacial score (nSPS) is 11.5. The highest BCUT2D eigenvalue weighted by Crippen LogP contribution is 2.24. The number of carbonyl (C=O) groups excluding carboxylic acids is 2. The number of carbonyl (C=O) groups is 2. The van der Waals surface area contributed by atoms with E-state index in [9.17, 15) is 9.59 Å². The number of nitrogens with one attached hydrogen (secondary N) is 3. The lowest BCUT2D eigenvalue weighted by molar-refractivity contribution is 0.102. The molecule has 32 heavy (non-hydrogen) atoms. The van der Waals surface area contributed by atoms with Crippen molar-refractivity contribution in [1.29, 1.82) is 0 Å². The van der Waals surface area contributed by atoms with Gasteiger partial charge in [-0.25, -0.2) is 4.79 Å². The van der Waals surface area contributed by atoms with Crippen LogP contribution in [-0.4, -0.2) is 44.6 Å². The first-order valence-corrected chi connectivity index (χ1v) is 10.3. The number of amides is 3. The summed E-state index contributed by atoms with van der Waals surface area (Å²) < 4.78 is 5.26. The van der Waals surface area contributed by atoms with Gasteiger partial charge in [0.05, 0.1) is 18.8 Å². The third kappa shape index (κ3) is 6.33. The maximum atomic E-state index is 12.6. The Morgan fingerprint density at radius 2 is 1.53 bits per heavy atom. The lowest BCUT2D eigenvalue weighted by Crippen LogP contribution is -2.37. The van der Waals surface area contributed by atoms with E-state index in [1.807, 2.05) is 61.5 Å². The van der Waals surface area contributed by atoms with Crippen molar-refractivity contribution in [2.24, 2.45) is 0 Å². The predicted molar refractivity (Wildman–Crippen MR) is 127 cm³/mol. The van der Waals surface area contributed by atoms with Crippen LogP contribution in [-0.2, 0) is 0 Å². The molecule has 1 unspecified atom stereocenters. The van der Waals surface area contributed by atoms with Crippen LogP contribution in [0.4, 0.5) is 16.2 Å². The average molecular weight is 433 g/mol. The molecule has 0 aliphatic carbocycles. The Labute approximate surface area is 188 Å². The average Bonchev–Trinajstić information content (AvgIpc) is 2.79. The quantitative estimate of drug-likeness (QED) is 0.494. The molecule has 3 aromatic carbocycles. The van der Waals surface area contributed by atoms with Crippen molar-refractivity contribution in [3.8, 4) is 5.75 Å². The van der Waals surface area contributed by atoms with Gasteiger partial charge in [0.15, 0.2) is 0 Å². The summed E-state index contributed by atoms with van der Waals surface area (Å²) in [5, 5.41) is 8.67. The van der Waals surface area contributed by atoms with Crippen molar-refractivity contribution in [3.05, 3.63) is 90.0 Å². The minimum atomic E-state index is -0.313. The molecule has 3 amide bonds. The molecule has 0 bridgehead atoms. The highest BCUT2D eigenvalue weighted by atomic mass is 16.5. The second kappa shape index (κ2) is 11.0. The fraction of sp³-hybridized carbons (Fsp3) is 0.200. The second-order valence-corrected chi connectivity index (χ2v) is 7.56. The highest BCUT2D eigenvalue weighted by molar-refractivity contribution is 6.05. The van der Waals surface area contributed by atoms with E-state index >= 15 is 0 Å². The van der Waals surface area contributed by atoms with Crippen LogP contribution in [0.2, 0.25) is 0 Å². The Morgan fingerprint density at radius 1 is 0.875 bits per heavy atom. The summed E-state index contributed by atoms with van der Waals surface area (Å²) in [4.78, 5) is 27.1. The summed E-state index contributed by atoms with van der Waals surface area (Å²) >= 11 is 0. The van der Waals surface area contributed by atoms with Crippen molar-refractivity contribution < 1.29 is 14.3 Å². The predicted octanol–water partition coefficient (Wildman–Crippen LogP) is 4.37. The molecule has 166 valence electrons. The molecular formula is C25H28N4O3. The van der Waals surface area contributed by atoms with E-state index in [2.05, 4.69) is 16.0 Å². The summed E-state index contributed by atoms with van der Waals surface area (Å²) in [5.74, 6) is 0.321. The van der Waals surface area contributed by atoms with Crippen LogP contribution in [0, 0.1) is 0 Å². The van der Waals surface area contributed by atoms with Gasteiger partial charge in [0, 0.05) is 17.8 Å². The second-order valence-electron chi connectivity index (χ2n) is 7.56. The van der Waals surface area contributed by atoms with E-state index in [1.165, 1.54) is 0 Å². The van der Waals surface area contributed by atoms with Gasteiger partial charge in [-0.3, -0.25) is 4.79 Å². The molecule has 0 fully saturated rings. The molecule has 0 saturated heterocycles. The molecule has 0 heterocycles. The standard InChI is InChI=1S/C25H28N4O3/c1-29(2)17-22(18-9-5-4-6-10-18)28-25(31)26-20-15-13-19(14-16-20)24(30)27-21-11-7-8-12-23(21)32-3/h4-16,22H,17H2,1-3H3,(H,27,30)(H2,26,28,31). The summed E-state index contributed by atoms with van der Waals surface area (Å²) in [7, 11) is 5.48. The zero-order valence-corrected chi connectivity index (χ0v) is 18.5. The summed E-state index contributed by atoms with van der Waals surface area (Å²) in [5.41, 5.74) is 2.68. The van der Waals surface area contributed by atoms with E-state index in [1.54, 1.807) is 43.5 Å². The number of para-hydroxylation sites is 2. The van der Waals surface area contributed by atoms with Crippen molar-refractivity contribution in [2.45, 2.75) is 6.04 Å². The first kappa shape index (κ1) is 22.8. The Hall–Kier alpha value is -3.84. The third-order valence-electron chi connectivity index (χ3n) is 4.82. The first-order valence-electron chi connectivity index (χ1n) is 10.3. The van der Waals surface area contributed by atoms with Crippen molar-refractivity contribution in [3.63, 3.8) is 0 Å². The molecule has 7 nitrogen and oxygen atoms in total. The molecule has 3 rings (SSSR count). The molecule has 3 aromatic rings. The number of likely N-dealkylation sites (N-methyl/N-ethyl adjacent to an activating group) is 1. The number of nitrogens with zero attached hydrogens (tertiary/aromatic N) is 1. The lowest BCUT2D eigenvalue weighted by atomic mass is 10.1. The molecule has 0 radical (unpaired) electrons. The van der Waals surface area contributed by atoms with Gasteiger partial charge in [-0.1, -0.05) is 42.5 Å². The minimum absolute atomic E-state index is 0.155. The van der Waals surface area contributed by atoms with Gasteiger partial charge in [-0.05, 0) is 56.1 Å². The van der Waals surface area contributed by atoms with Crippen LogP contribution < -0.4 is 20.7 Å². The summed E-state index contributed by atoms with van der Waals surface area (Å²) in [6.07, 6.45) is 0. The fourth-order valence-corrected chi connectivity index (χ4v) is 3.26. The number of ether oxygens (including phenoxy) is 1. The molecule has 0 aliphatic rings. The van der Waals surface area contributed by atoms with Crippen LogP contribution in [0.3, 0.4) is 0 Å². The van der Waals surface area contributed by atoms with E-state index in [0.717, 1.165) is 5.56 Å².